The summed E-state index contributed by atoms with van der Waals surface area (Å²) in [5.41, 5.74) is 8.63. The molecule has 3 atom stereocenters. The second-order valence-corrected chi connectivity index (χ2v) is 13.3. The molecular weight excluding hydrogens is 446 g/mol. The van der Waals surface area contributed by atoms with Gasteiger partial charge in [-0.25, -0.2) is 0 Å². The van der Waals surface area contributed by atoms with E-state index in [1.54, 1.807) is 0 Å². The van der Waals surface area contributed by atoms with E-state index in [4.69, 9.17) is 5.41 Å². The normalized spacial score (nSPS) is 26.4. The molecule has 37 heavy (non-hydrogen) atoms. The minimum Gasteiger partial charge on any atom is -0.304 e. The second-order valence-electron chi connectivity index (χ2n) is 13.3. The van der Waals surface area contributed by atoms with E-state index in [-0.39, 0.29) is 22.2 Å². The van der Waals surface area contributed by atoms with Crippen LogP contribution in [0.15, 0.2) is 96.2 Å². The molecule has 2 aliphatic carbocycles. The largest absolute Gasteiger partial charge is 0.304 e. The van der Waals surface area contributed by atoms with Crippen molar-refractivity contribution in [2.24, 2.45) is 22.2 Å². The highest BCUT2D eigenvalue weighted by Crippen LogP contribution is 2.71. The Morgan fingerprint density at radius 3 is 2.19 bits per heavy atom. The molecule has 3 rings (SSSR count). The molecule has 3 unspecified atom stereocenters. The molecule has 0 saturated heterocycles. The van der Waals surface area contributed by atoms with Crippen molar-refractivity contribution in [2.45, 2.75) is 87.0 Å². The van der Waals surface area contributed by atoms with E-state index in [1.807, 2.05) is 12.2 Å². The highest BCUT2D eigenvalue weighted by atomic mass is 14.7. The molecule has 198 valence electrons. The van der Waals surface area contributed by atoms with Gasteiger partial charge in [-0.05, 0) is 64.9 Å². The van der Waals surface area contributed by atoms with Gasteiger partial charge >= 0.3 is 0 Å². The topological polar surface area (TPSA) is 23.9 Å². The summed E-state index contributed by atoms with van der Waals surface area (Å²) >= 11 is 0. The number of benzene rings is 1. The standard InChI is InChI=1S/C36H49N/c1-12-14-15-16-25(3)30-23-35(11,22-21-31(30)36(13-2)24-34(36,9)10)27(5)26(4)32(37)28-17-19-29(20-18-28)33(6,7)8/h12,14-21,23,26,37H,1,5,13,22,24H2,2-4,6-11H3/b15-14-,25-16+,37-32?. The molecular formula is C36H49N. The molecule has 0 spiro atoms. The Balaban J connectivity index is 1.96. The molecule has 0 aliphatic heterocycles. The van der Waals surface area contributed by atoms with Crippen LogP contribution in [0.5, 0.6) is 0 Å². The van der Waals surface area contributed by atoms with E-state index in [2.05, 4.69) is 124 Å². The van der Waals surface area contributed by atoms with E-state index >= 15 is 0 Å². The fourth-order valence-electron chi connectivity index (χ4n) is 6.28. The third kappa shape index (κ3) is 5.47. The van der Waals surface area contributed by atoms with Gasteiger partial charge in [0, 0.05) is 22.5 Å². The van der Waals surface area contributed by atoms with Crippen molar-refractivity contribution in [1.82, 2.24) is 0 Å². The van der Waals surface area contributed by atoms with Crippen LogP contribution < -0.4 is 0 Å². The van der Waals surface area contributed by atoms with E-state index in [9.17, 15) is 0 Å². The molecule has 0 amide bonds. The van der Waals surface area contributed by atoms with Crippen molar-refractivity contribution in [2.75, 3.05) is 0 Å². The maximum absolute atomic E-state index is 9.05. The molecule has 1 aromatic carbocycles. The number of hydrogen-bond donors (Lipinski definition) is 1. The number of nitrogens with one attached hydrogen (secondary N) is 1. The summed E-state index contributed by atoms with van der Waals surface area (Å²) < 4.78 is 0. The van der Waals surface area contributed by atoms with Crippen molar-refractivity contribution < 1.29 is 0 Å². The first-order valence-corrected chi connectivity index (χ1v) is 13.9. The Labute approximate surface area is 227 Å². The first kappa shape index (κ1) is 28.9. The summed E-state index contributed by atoms with van der Waals surface area (Å²) in [5, 5.41) is 9.05. The first-order valence-electron chi connectivity index (χ1n) is 13.9. The molecule has 2 aliphatic rings. The fraction of sp³-hybridized carbons (Fsp3) is 0.472. The molecule has 1 heteroatoms. The van der Waals surface area contributed by atoms with Crippen molar-refractivity contribution in [1.29, 1.82) is 5.41 Å². The van der Waals surface area contributed by atoms with Crippen LogP contribution in [0.1, 0.15) is 92.7 Å². The van der Waals surface area contributed by atoms with Crippen LogP contribution in [0.2, 0.25) is 0 Å². The van der Waals surface area contributed by atoms with Crippen molar-refractivity contribution in [3.05, 3.63) is 107 Å². The third-order valence-corrected chi connectivity index (χ3v) is 9.29. The summed E-state index contributed by atoms with van der Waals surface area (Å²) in [6.07, 6.45) is 16.4. The van der Waals surface area contributed by atoms with Crippen LogP contribution in [0, 0.1) is 27.6 Å². The minimum atomic E-state index is -0.207. The zero-order chi connectivity index (χ0) is 27.8. The Hall–Kier alpha value is -2.67. The van der Waals surface area contributed by atoms with Crippen LogP contribution in [0.4, 0.5) is 0 Å². The van der Waals surface area contributed by atoms with Gasteiger partial charge in [0.05, 0.1) is 0 Å². The van der Waals surface area contributed by atoms with Gasteiger partial charge in [-0.15, -0.1) is 0 Å². The van der Waals surface area contributed by atoms with Gasteiger partial charge in [0.25, 0.3) is 0 Å². The summed E-state index contributed by atoms with van der Waals surface area (Å²) in [4.78, 5) is 0. The van der Waals surface area contributed by atoms with Gasteiger partial charge in [0.2, 0.25) is 0 Å². The van der Waals surface area contributed by atoms with Gasteiger partial charge in [-0.3, -0.25) is 0 Å². The van der Waals surface area contributed by atoms with Crippen LogP contribution in [-0.2, 0) is 5.41 Å². The minimum absolute atomic E-state index is 0.0413. The Morgan fingerprint density at radius 2 is 1.70 bits per heavy atom. The summed E-state index contributed by atoms with van der Waals surface area (Å²) in [6, 6.07) is 8.55. The first-order chi connectivity index (χ1) is 17.1. The highest BCUT2D eigenvalue weighted by molar-refractivity contribution is 6.01. The zero-order valence-electron chi connectivity index (χ0n) is 24.9. The maximum Gasteiger partial charge on any atom is 0.0454 e. The van der Waals surface area contributed by atoms with E-state index in [0.717, 1.165) is 24.0 Å². The molecule has 1 aromatic rings. The lowest BCUT2D eigenvalue weighted by molar-refractivity contribution is 0.416. The van der Waals surface area contributed by atoms with Gasteiger partial charge in [0.1, 0.15) is 0 Å². The third-order valence-electron chi connectivity index (χ3n) is 9.29. The van der Waals surface area contributed by atoms with E-state index in [0.29, 0.717) is 11.1 Å². The van der Waals surface area contributed by atoms with Crippen LogP contribution in [0.25, 0.3) is 0 Å². The molecule has 0 radical (unpaired) electrons. The Kier molecular flexibility index (Phi) is 8.00. The fourth-order valence-corrected chi connectivity index (χ4v) is 6.28. The Morgan fingerprint density at radius 1 is 1.11 bits per heavy atom. The lowest BCUT2D eigenvalue weighted by Gasteiger charge is -2.39. The highest BCUT2D eigenvalue weighted by Gasteiger charge is 2.62. The van der Waals surface area contributed by atoms with Gasteiger partial charge in [-0.2, -0.15) is 0 Å². The lowest BCUT2D eigenvalue weighted by atomic mass is 9.65. The zero-order valence-corrected chi connectivity index (χ0v) is 24.9. The molecule has 0 bridgehead atoms. The predicted molar refractivity (Wildman–Crippen MR) is 163 cm³/mol. The smallest absolute Gasteiger partial charge is 0.0454 e. The molecule has 0 aromatic heterocycles. The van der Waals surface area contributed by atoms with E-state index in [1.165, 1.54) is 28.7 Å². The average Bonchev–Trinajstić information content (AvgIpc) is 3.43. The van der Waals surface area contributed by atoms with Gasteiger partial charge in [0.15, 0.2) is 0 Å². The van der Waals surface area contributed by atoms with Crippen LogP contribution >= 0.6 is 0 Å². The quantitative estimate of drug-likeness (QED) is 0.200. The number of hydrogen-bond acceptors (Lipinski definition) is 1. The maximum atomic E-state index is 9.05. The molecule has 1 nitrogen and oxygen atoms in total. The summed E-state index contributed by atoms with van der Waals surface area (Å²) in [5.74, 6) is -0.0413. The van der Waals surface area contributed by atoms with Gasteiger partial charge < -0.3 is 5.41 Å². The molecule has 0 heterocycles. The molecule has 1 fully saturated rings. The summed E-state index contributed by atoms with van der Waals surface area (Å²) in [6.45, 7) is 28.9. The van der Waals surface area contributed by atoms with E-state index < -0.39 is 0 Å². The average molecular weight is 496 g/mol. The van der Waals surface area contributed by atoms with Crippen LogP contribution in [-0.4, -0.2) is 5.71 Å². The lowest BCUT2D eigenvalue weighted by Crippen LogP contribution is -2.29. The monoisotopic (exact) mass is 495 g/mol. The predicted octanol–water partition coefficient (Wildman–Crippen LogP) is 10.3. The number of rotatable bonds is 9. The van der Waals surface area contributed by atoms with Crippen molar-refractivity contribution in [3.8, 4) is 0 Å². The Bertz CT molecular complexity index is 1190. The van der Waals surface area contributed by atoms with Gasteiger partial charge in [-0.1, -0.05) is 135 Å². The van der Waals surface area contributed by atoms with Crippen molar-refractivity contribution >= 4 is 5.71 Å². The SMILES string of the molecule is C=C/C=C\C=C(/C)C1=CC(C)(C(=C)C(C)C(=N)c2ccc(C(C)(C)C)cc2)CC=C1C1(CC)CC1(C)C. The second kappa shape index (κ2) is 10.2. The van der Waals surface area contributed by atoms with Crippen LogP contribution in [0.3, 0.4) is 0 Å². The molecule has 1 saturated carbocycles. The summed E-state index contributed by atoms with van der Waals surface area (Å²) in [7, 11) is 0. The molecule has 1 N–H and O–H groups in total. The van der Waals surface area contributed by atoms with Crippen molar-refractivity contribution in [3.63, 3.8) is 0 Å². The number of allylic oxidation sites excluding steroid dienone is 10.